The Balaban J connectivity index is 2.26. The summed E-state index contributed by atoms with van der Waals surface area (Å²) >= 11 is 6.39. The molecule has 0 spiro atoms. The number of halogens is 1. The monoisotopic (exact) mass is 287 g/mol. The lowest BCUT2D eigenvalue weighted by Gasteiger charge is -2.19. The van der Waals surface area contributed by atoms with Gasteiger partial charge in [-0.3, -0.25) is 0 Å². The van der Waals surface area contributed by atoms with Crippen LogP contribution < -0.4 is 5.32 Å². The van der Waals surface area contributed by atoms with Crippen LogP contribution in [0.25, 0.3) is 0 Å². The molecule has 2 heteroatoms. The average molecular weight is 288 g/mol. The van der Waals surface area contributed by atoms with Crippen LogP contribution in [-0.2, 0) is 6.42 Å². The first-order valence-corrected chi connectivity index (χ1v) is 7.38. The van der Waals surface area contributed by atoms with Crippen molar-refractivity contribution < 1.29 is 0 Å². The smallest absolute Gasteiger partial charge is 0.0456 e. The summed E-state index contributed by atoms with van der Waals surface area (Å²) in [6.07, 6.45) is 0.945. The summed E-state index contributed by atoms with van der Waals surface area (Å²) in [5.74, 6) is 0. The van der Waals surface area contributed by atoms with E-state index in [1.807, 2.05) is 13.1 Å². The Bertz CT molecular complexity index is 604. The Hall–Kier alpha value is -1.31. The molecule has 1 nitrogen and oxygen atoms in total. The zero-order valence-electron chi connectivity index (χ0n) is 12.6. The molecule has 20 heavy (non-hydrogen) atoms. The van der Waals surface area contributed by atoms with E-state index in [4.69, 9.17) is 11.6 Å². The topological polar surface area (TPSA) is 12.0 Å². The van der Waals surface area contributed by atoms with E-state index in [2.05, 4.69) is 56.4 Å². The van der Waals surface area contributed by atoms with Crippen LogP contribution in [0.2, 0.25) is 5.02 Å². The lowest BCUT2D eigenvalue weighted by atomic mass is 9.96. The van der Waals surface area contributed by atoms with Crippen molar-refractivity contribution in [3.8, 4) is 0 Å². The third-order valence-electron chi connectivity index (χ3n) is 3.89. The molecule has 0 fully saturated rings. The molecule has 2 aromatic carbocycles. The normalized spacial score (nSPS) is 12.4. The largest absolute Gasteiger partial charge is 0.313 e. The standard InChI is InChI=1S/C18H22ClN/c1-12-5-8-16(17(19)9-12)18(20-4)11-15-7-6-13(2)14(3)10-15/h5-10,18,20H,11H2,1-4H3. The molecule has 1 atom stereocenters. The van der Waals surface area contributed by atoms with E-state index in [-0.39, 0.29) is 6.04 Å². The highest BCUT2D eigenvalue weighted by molar-refractivity contribution is 6.31. The van der Waals surface area contributed by atoms with Gasteiger partial charge in [0.25, 0.3) is 0 Å². The molecular formula is C18H22ClN. The van der Waals surface area contributed by atoms with Crippen molar-refractivity contribution >= 4 is 11.6 Å². The molecule has 0 aliphatic rings. The third-order valence-corrected chi connectivity index (χ3v) is 4.22. The molecule has 0 aliphatic heterocycles. The van der Waals surface area contributed by atoms with Crippen molar-refractivity contribution in [1.29, 1.82) is 0 Å². The van der Waals surface area contributed by atoms with Gasteiger partial charge in [-0.25, -0.2) is 0 Å². The second kappa shape index (κ2) is 6.43. The third kappa shape index (κ3) is 3.41. The summed E-state index contributed by atoms with van der Waals surface area (Å²) in [6, 6.07) is 13.2. The van der Waals surface area contributed by atoms with Gasteiger partial charge in [0.05, 0.1) is 0 Å². The fourth-order valence-corrected chi connectivity index (χ4v) is 2.82. The summed E-state index contributed by atoms with van der Waals surface area (Å²) in [5.41, 5.74) is 6.37. The maximum Gasteiger partial charge on any atom is 0.0456 e. The molecule has 0 radical (unpaired) electrons. The quantitative estimate of drug-likeness (QED) is 0.854. The van der Waals surface area contributed by atoms with Gasteiger partial charge in [0.2, 0.25) is 0 Å². The van der Waals surface area contributed by atoms with Gasteiger partial charge in [-0.2, -0.15) is 0 Å². The van der Waals surface area contributed by atoms with E-state index in [9.17, 15) is 0 Å². The maximum absolute atomic E-state index is 6.39. The fourth-order valence-electron chi connectivity index (χ4n) is 2.45. The SMILES string of the molecule is CNC(Cc1ccc(C)c(C)c1)c1ccc(C)cc1Cl. The fraction of sp³-hybridized carbons (Fsp3) is 0.333. The van der Waals surface area contributed by atoms with Crippen LogP contribution in [0.4, 0.5) is 0 Å². The average Bonchev–Trinajstić information content (AvgIpc) is 2.41. The Morgan fingerprint density at radius 1 is 1.00 bits per heavy atom. The highest BCUT2D eigenvalue weighted by Crippen LogP contribution is 2.27. The van der Waals surface area contributed by atoms with E-state index >= 15 is 0 Å². The predicted molar refractivity (Wildman–Crippen MR) is 87.6 cm³/mol. The van der Waals surface area contributed by atoms with Crippen LogP contribution in [-0.4, -0.2) is 7.05 Å². The van der Waals surface area contributed by atoms with Gasteiger partial charge < -0.3 is 5.32 Å². The molecule has 0 heterocycles. The summed E-state index contributed by atoms with van der Waals surface area (Å²) < 4.78 is 0. The number of hydrogen-bond acceptors (Lipinski definition) is 1. The number of hydrogen-bond donors (Lipinski definition) is 1. The zero-order chi connectivity index (χ0) is 14.7. The molecule has 0 saturated heterocycles. The number of rotatable bonds is 4. The highest BCUT2D eigenvalue weighted by atomic mass is 35.5. The first-order valence-electron chi connectivity index (χ1n) is 7.00. The molecule has 2 rings (SSSR count). The van der Waals surface area contributed by atoms with Crippen molar-refractivity contribution in [2.24, 2.45) is 0 Å². The number of aryl methyl sites for hydroxylation is 3. The van der Waals surface area contributed by atoms with Gasteiger partial charge in [-0.15, -0.1) is 0 Å². The van der Waals surface area contributed by atoms with Gasteiger partial charge in [0.15, 0.2) is 0 Å². The van der Waals surface area contributed by atoms with Crippen LogP contribution in [0.5, 0.6) is 0 Å². The highest BCUT2D eigenvalue weighted by Gasteiger charge is 2.14. The minimum atomic E-state index is 0.241. The van der Waals surface area contributed by atoms with Gasteiger partial charge >= 0.3 is 0 Å². The van der Waals surface area contributed by atoms with Gasteiger partial charge in [0.1, 0.15) is 0 Å². The molecule has 1 unspecified atom stereocenters. The van der Waals surface area contributed by atoms with E-state index in [0.717, 1.165) is 17.0 Å². The molecule has 0 bridgehead atoms. The van der Waals surface area contributed by atoms with E-state index < -0.39 is 0 Å². The molecule has 0 saturated carbocycles. The molecule has 106 valence electrons. The van der Waals surface area contributed by atoms with Crippen molar-refractivity contribution in [1.82, 2.24) is 5.32 Å². The van der Waals surface area contributed by atoms with Crippen LogP contribution in [0.1, 0.15) is 33.9 Å². The first kappa shape index (κ1) is 15.1. The van der Waals surface area contributed by atoms with Crippen LogP contribution in [0.15, 0.2) is 36.4 Å². The number of likely N-dealkylation sites (N-methyl/N-ethyl adjacent to an activating group) is 1. The Labute approximate surface area is 127 Å². The first-order chi connectivity index (χ1) is 9.51. The lowest BCUT2D eigenvalue weighted by Crippen LogP contribution is -2.19. The summed E-state index contributed by atoms with van der Waals surface area (Å²) in [7, 11) is 1.99. The molecule has 1 N–H and O–H groups in total. The van der Waals surface area contributed by atoms with Crippen molar-refractivity contribution in [2.45, 2.75) is 33.2 Å². The van der Waals surface area contributed by atoms with Gasteiger partial charge in [-0.05, 0) is 68.1 Å². The van der Waals surface area contributed by atoms with Crippen LogP contribution >= 0.6 is 11.6 Å². The van der Waals surface area contributed by atoms with E-state index in [1.54, 1.807) is 0 Å². The van der Waals surface area contributed by atoms with Crippen molar-refractivity contribution in [3.05, 3.63) is 69.2 Å². The molecule has 0 amide bonds. The number of benzene rings is 2. The molecule has 2 aromatic rings. The minimum absolute atomic E-state index is 0.241. The second-order valence-corrected chi connectivity index (χ2v) is 5.90. The predicted octanol–water partition coefficient (Wildman–Crippen LogP) is 4.77. The molecule has 0 aliphatic carbocycles. The van der Waals surface area contributed by atoms with Crippen LogP contribution in [0, 0.1) is 20.8 Å². The number of nitrogens with one attached hydrogen (secondary N) is 1. The summed E-state index contributed by atoms with van der Waals surface area (Å²) in [6.45, 7) is 6.37. The summed E-state index contributed by atoms with van der Waals surface area (Å²) in [5, 5.41) is 4.22. The Morgan fingerprint density at radius 2 is 1.75 bits per heavy atom. The maximum atomic E-state index is 6.39. The summed E-state index contributed by atoms with van der Waals surface area (Å²) in [4.78, 5) is 0. The Kier molecular flexibility index (Phi) is 4.85. The van der Waals surface area contributed by atoms with Crippen molar-refractivity contribution in [3.63, 3.8) is 0 Å². The molecular weight excluding hydrogens is 266 g/mol. The van der Waals surface area contributed by atoms with Crippen LogP contribution in [0.3, 0.4) is 0 Å². The minimum Gasteiger partial charge on any atom is -0.313 e. The van der Waals surface area contributed by atoms with Gasteiger partial charge in [-0.1, -0.05) is 41.9 Å². The van der Waals surface area contributed by atoms with E-state index in [1.165, 1.54) is 22.3 Å². The van der Waals surface area contributed by atoms with Crippen molar-refractivity contribution in [2.75, 3.05) is 7.05 Å². The van der Waals surface area contributed by atoms with E-state index in [0.29, 0.717) is 0 Å². The van der Waals surface area contributed by atoms with Gasteiger partial charge in [0, 0.05) is 11.1 Å². The Morgan fingerprint density at radius 3 is 2.35 bits per heavy atom. The zero-order valence-corrected chi connectivity index (χ0v) is 13.4. The second-order valence-electron chi connectivity index (χ2n) is 5.49. The molecule has 0 aromatic heterocycles. The lowest BCUT2D eigenvalue weighted by molar-refractivity contribution is 0.592.